The van der Waals surface area contributed by atoms with Gasteiger partial charge >= 0.3 is 5.97 Å². The van der Waals surface area contributed by atoms with Gasteiger partial charge in [-0.15, -0.1) is 11.8 Å². The lowest BCUT2D eigenvalue weighted by Crippen LogP contribution is -2.33. The van der Waals surface area contributed by atoms with E-state index in [2.05, 4.69) is 5.32 Å². The number of nitrogens with zero attached hydrogens (tertiary/aromatic N) is 1. The number of anilines is 1. The third-order valence-corrected chi connectivity index (χ3v) is 8.78. The second kappa shape index (κ2) is 10.2. The lowest BCUT2D eigenvalue weighted by atomic mass is 10.1. The summed E-state index contributed by atoms with van der Waals surface area (Å²) in [6.07, 6.45) is -0.531. The number of hydrogen-bond acceptors (Lipinski definition) is 6. The van der Waals surface area contributed by atoms with Gasteiger partial charge in [0.25, 0.3) is 5.91 Å². The number of benzene rings is 2. The summed E-state index contributed by atoms with van der Waals surface area (Å²) in [7, 11) is -3.72. The number of halogens is 1. The quantitative estimate of drug-likeness (QED) is 0.556. The van der Waals surface area contributed by atoms with Gasteiger partial charge in [-0.3, -0.25) is 9.59 Å². The number of nitrogens with one attached hydrogen (secondary N) is 1. The highest BCUT2D eigenvalue weighted by Gasteiger charge is 2.32. The Morgan fingerprint density at radius 3 is 2.56 bits per heavy atom. The summed E-state index contributed by atoms with van der Waals surface area (Å²) in [5.41, 5.74) is 1.21. The Labute approximate surface area is 197 Å². The van der Waals surface area contributed by atoms with E-state index in [1.165, 1.54) is 41.2 Å². The van der Waals surface area contributed by atoms with Crippen molar-refractivity contribution in [3.8, 4) is 0 Å². The molecule has 1 aliphatic heterocycles. The van der Waals surface area contributed by atoms with Crippen LogP contribution in [0, 0.1) is 0 Å². The van der Waals surface area contributed by atoms with E-state index in [9.17, 15) is 18.0 Å². The number of hydrogen-bond donors (Lipinski definition) is 1. The van der Waals surface area contributed by atoms with Crippen molar-refractivity contribution < 1.29 is 22.7 Å². The van der Waals surface area contributed by atoms with Gasteiger partial charge in [0.15, 0.2) is 6.10 Å². The maximum Gasteiger partial charge on any atom is 0.320 e. The normalized spacial score (nSPS) is 16.5. The Morgan fingerprint density at radius 2 is 1.91 bits per heavy atom. The number of carbonyl (C=O) groups excluding carboxylic acids is 2. The lowest BCUT2D eigenvalue weighted by molar-refractivity contribution is -0.152. The van der Waals surface area contributed by atoms with Gasteiger partial charge in [0.05, 0.1) is 15.6 Å². The molecule has 0 spiro atoms. The van der Waals surface area contributed by atoms with Crippen LogP contribution in [0.25, 0.3) is 0 Å². The largest absolute Gasteiger partial charge is 0.452 e. The fraction of sp³-hybridized carbons (Fsp3) is 0.364. The van der Waals surface area contributed by atoms with Crippen LogP contribution < -0.4 is 5.32 Å². The molecule has 1 heterocycles. The minimum atomic E-state index is -3.72. The van der Waals surface area contributed by atoms with Crippen molar-refractivity contribution in [3.05, 3.63) is 53.1 Å². The van der Waals surface area contributed by atoms with Crippen molar-refractivity contribution in [2.24, 2.45) is 0 Å². The first-order chi connectivity index (χ1) is 15.2. The van der Waals surface area contributed by atoms with Crippen molar-refractivity contribution in [3.63, 3.8) is 0 Å². The number of sulfonamides is 1. The van der Waals surface area contributed by atoms with Crippen LogP contribution in [-0.4, -0.2) is 49.0 Å². The van der Waals surface area contributed by atoms with Gasteiger partial charge in [0.1, 0.15) is 5.25 Å². The molecule has 2 aromatic rings. The number of rotatable bonds is 8. The van der Waals surface area contributed by atoms with Crippen LogP contribution in [0.2, 0.25) is 5.02 Å². The van der Waals surface area contributed by atoms with Gasteiger partial charge in [-0.25, -0.2) is 8.42 Å². The van der Waals surface area contributed by atoms with Gasteiger partial charge in [0.2, 0.25) is 10.0 Å². The summed E-state index contributed by atoms with van der Waals surface area (Å²) in [5, 5.41) is 2.34. The number of fused-ring (bicyclic) bond motifs is 1. The second-order valence-corrected chi connectivity index (χ2v) is 10.8. The highest BCUT2D eigenvalue weighted by Crippen LogP contribution is 2.37. The molecule has 2 unspecified atom stereocenters. The van der Waals surface area contributed by atoms with E-state index < -0.39 is 33.3 Å². The third-order valence-electron chi connectivity index (χ3n) is 5.11. The molecule has 0 aromatic heterocycles. The SMILES string of the molecule is CCN(CC)S(=O)(=O)c1ccc(Cl)c(NC(=O)C(C)OC(=O)C2Cc3ccccc3S2)c1. The average molecular weight is 497 g/mol. The molecule has 10 heteroatoms. The monoisotopic (exact) mass is 496 g/mol. The van der Waals surface area contributed by atoms with Crippen LogP contribution in [0.5, 0.6) is 0 Å². The van der Waals surface area contributed by atoms with Gasteiger partial charge in [-0.05, 0) is 43.2 Å². The van der Waals surface area contributed by atoms with Gasteiger partial charge in [-0.1, -0.05) is 43.6 Å². The summed E-state index contributed by atoms with van der Waals surface area (Å²) >= 11 is 7.59. The predicted molar refractivity (Wildman–Crippen MR) is 126 cm³/mol. The van der Waals surface area contributed by atoms with Crippen LogP contribution in [-0.2, 0) is 30.8 Å². The molecule has 0 radical (unpaired) electrons. The molecule has 0 fully saturated rings. The molecule has 2 atom stereocenters. The zero-order chi connectivity index (χ0) is 23.5. The zero-order valence-corrected chi connectivity index (χ0v) is 20.4. The summed E-state index contributed by atoms with van der Waals surface area (Å²) in [4.78, 5) is 26.2. The molecule has 32 heavy (non-hydrogen) atoms. The van der Waals surface area contributed by atoms with Crippen molar-refractivity contribution in [1.82, 2.24) is 4.31 Å². The maximum absolute atomic E-state index is 12.8. The topological polar surface area (TPSA) is 92.8 Å². The Hall–Kier alpha value is -2.07. The number of esters is 1. The molecule has 1 N–H and O–H groups in total. The second-order valence-electron chi connectivity index (χ2n) is 7.22. The maximum atomic E-state index is 12.8. The van der Waals surface area contributed by atoms with Crippen LogP contribution >= 0.6 is 23.4 Å². The molecule has 0 bridgehead atoms. The van der Waals surface area contributed by atoms with E-state index in [4.69, 9.17) is 16.3 Å². The fourth-order valence-corrected chi connectivity index (χ4v) is 6.16. The minimum absolute atomic E-state index is 0.0191. The third kappa shape index (κ3) is 5.28. The smallest absolute Gasteiger partial charge is 0.320 e. The molecular weight excluding hydrogens is 472 g/mol. The Morgan fingerprint density at radius 1 is 1.22 bits per heavy atom. The Kier molecular flexibility index (Phi) is 7.87. The summed E-state index contributed by atoms with van der Waals surface area (Å²) < 4.78 is 32.2. The summed E-state index contributed by atoms with van der Waals surface area (Å²) in [6, 6.07) is 11.9. The lowest BCUT2D eigenvalue weighted by Gasteiger charge is -2.20. The molecule has 0 saturated carbocycles. The van der Waals surface area contributed by atoms with Crippen molar-refractivity contribution in [1.29, 1.82) is 0 Å². The fourth-order valence-electron chi connectivity index (χ4n) is 3.32. The molecule has 7 nitrogen and oxygen atoms in total. The molecule has 1 aliphatic rings. The van der Waals surface area contributed by atoms with Crippen LogP contribution in [0.1, 0.15) is 26.3 Å². The Balaban J connectivity index is 1.67. The first-order valence-corrected chi connectivity index (χ1v) is 12.9. The van der Waals surface area contributed by atoms with E-state index in [0.717, 1.165) is 10.5 Å². The predicted octanol–water partition coefficient (Wildman–Crippen LogP) is 3.96. The zero-order valence-electron chi connectivity index (χ0n) is 18.0. The first-order valence-electron chi connectivity index (χ1n) is 10.2. The van der Waals surface area contributed by atoms with Crippen LogP contribution in [0.4, 0.5) is 5.69 Å². The Bertz CT molecular complexity index is 1090. The molecule has 3 rings (SSSR count). The van der Waals surface area contributed by atoms with Crippen LogP contribution in [0.3, 0.4) is 0 Å². The van der Waals surface area contributed by atoms with E-state index in [1.807, 2.05) is 24.3 Å². The number of amides is 1. The molecule has 2 aromatic carbocycles. The van der Waals surface area contributed by atoms with E-state index in [-0.39, 0.29) is 15.6 Å². The highest BCUT2D eigenvalue weighted by molar-refractivity contribution is 8.01. The van der Waals surface area contributed by atoms with E-state index in [1.54, 1.807) is 13.8 Å². The molecule has 172 valence electrons. The van der Waals surface area contributed by atoms with Crippen molar-refractivity contribution in [2.75, 3.05) is 18.4 Å². The average Bonchev–Trinajstić information content (AvgIpc) is 3.20. The van der Waals surface area contributed by atoms with E-state index in [0.29, 0.717) is 19.5 Å². The molecule has 0 saturated heterocycles. The molecule has 0 aliphatic carbocycles. The van der Waals surface area contributed by atoms with E-state index >= 15 is 0 Å². The number of carbonyl (C=O) groups is 2. The van der Waals surface area contributed by atoms with Crippen molar-refractivity contribution >= 4 is 50.9 Å². The van der Waals surface area contributed by atoms with Crippen molar-refractivity contribution in [2.45, 2.75) is 48.3 Å². The minimum Gasteiger partial charge on any atom is -0.452 e. The summed E-state index contributed by atoms with van der Waals surface area (Å²) in [5.74, 6) is -1.07. The first kappa shape index (κ1) is 24.6. The summed E-state index contributed by atoms with van der Waals surface area (Å²) in [6.45, 7) is 5.59. The van der Waals surface area contributed by atoms with Gasteiger partial charge in [-0.2, -0.15) is 4.31 Å². The van der Waals surface area contributed by atoms with Crippen LogP contribution in [0.15, 0.2) is 52.3 Å². The number of ether oxygens (including phenoxy) is 1. The molecular formula is C22H25ClN2O5S2. The standard InChI is InChI=1S/C22H25ClN2O5S2/c1-4-25(5-2)32(28,29)16-10-11-17(23)18(13-16)24-21(26)14(3)30-22(27)20-12-15-8-6-7-9-19(15)31-20/h6-11,13-14,20H,4-5,12H2,1-3H3,(H,24,26). The van der Waals surface area contributed by atoms with Gasteiger partial charge in [0, 0.05) is 18.0 Å². The molecule has 1 amide bonds. The highest BCUT2D eigenvalue weighted by atomic mass is 35.5. The number of thioether (sulfide) groups is 1. The van der Waals surface area contributed by atoms with Gasteiger partial charge < -0.3 is 10.1 Å².